The molecule has 1 aromatic carbocycles. The zero-order valence-corrected chi connectivity index (χ0v) is 11.5. The Bertz CT molecular complexity index is 593. The van der Waals surface area contributed by atoms with Gasteiger partial charge in [-0.15, -0.1) is 0 Å². The molecule has 1 aromatic heterocycles. The third-order valence-corrected chi connectivity index (χ3v) is 3.30. The largest absolute Gasteiger partial charge is 0.376 e. The molecule has 1 aliphatic rings. The van der Waals surface area contributed by atoms with Crippen molar-refractivity contribution in [2.75, 3.05) is 18.5 Å². The number of nitrogens with zero attached hydrogens (tertiary/aromatic N) is 3. The van der Waals surface area contributed by atoms with Gasteiger partial charge in [0.05, 0.1) is 11.8 Å². The van der Waals surface area contributed by atoms with Gasteiger partial charge >= 0.3 is 6.03 Å². The van der Waals surface area contributed by atoms with E-state index in [2.05, 4.69) is 20.7 Å². The van der Waals surface area contributed by atoms with Gasteiger partial charge in [0.25, 0.3) is 0 Å². The van der Waals surface area contributed by atoms with Crippen LogP contribution in [0.3, 0.4) is 0 Å². The van der Waals surface area contributed by atoms with Crippen LogP contribution in [0.15, 0.2) is 36.9 Å². The fraction of sp³-hybridized carbons (Fsp3) is 0.357. The Morgan fingerprint density at radius 1 is 1.48 bits per heavy atom. The Morgan fingerprint density at radius 2 is 2.43 bits per heavy atom. The number of hydrogen-bond donors (Lipinski definition) is 2. The Kier molecular flexibility index (Phi) is 4.11. The summed E-state index contributed by atoms with van der Waals surface area (Å²) in [7, 11) is 0. The van der Waals surface area contributed by atoms with E-state index in [0.29, 0.717) is 12.2 Å². The second-order valence-corrected chi connectivity index (χ2v) is 4.86. The molecule has 2 aromatic rings. The SMILES string of the molecule is O=C(NC[C@@H]1CCCO1)Nc1cccc(-n2cncn2)c1. The van der Waals surface area contributed by atoms with Gasteiger partial charge in [0.2, 0.25) is 0 Å². The van der Waals surface area contributed by atoms with E-state index in [1.165, 1.54) is 6.33 Å². The van der Waals surface area contributed by atoms with Crippen molar-refractivity contribution in [3.05, 3.63) is 36.9 Å². The number of anilines is 1. The quantitative estimate of drug-likeness (QED) is 0.894. The normalized spacial score (nSPS) is 17.6. The molecule has 0 unspecified atom stereocenters. The van der Waals surface area contributed by atoms with Crippen LogP contribution in [0.2, 0.25) is 0 Å². The lowest BCUT2D eigenvalue weighted by Crippen LogP contribution is -2.35. The summed E-state index contributed by atoms with van der Waals surface area (Å²) in [5.74, 6) is 0. The van der Waals surface area contributed by atoms with Crippen molar-refractivity contribution < 1.29 is 9.53 Å². The van der Waals surface area contributed by atoms with Crippen molar-refractivity contribution in [1.82, 2.24) is 20.1 Å². The number of carbonyl (C=O) groups is 1. The molecule has 1 fully saturated rings. The van der Waals surface area contributed by atoms with E-state index in [-0.39, 0.29) is 12.1 Å². The van der Waals surface area contributed by atoms with Crippen molar-refractivity contribution in [2.45, 2.75) is 18.9 Å². The van der Waals surface area contributed by atoms with Crippen LogP contribution in [0.4, 0.5) is 10.5 Å². The average molecular weight is 287 g/mol. The molecule has 1 saturated heterocycles. The van der Waals surface area contributed by atoms with E-state index in [4.69, 9.17) is 4.74 Å². The molecule has 2 heterocycles. The highest BCUT2D eigenvalue weighted by Crippen LogP contribution is 2.14. The second kappa shape index (κ2) is 6.36. The van der Waals surface area contributed by atoms with Crippen LogP contribution < -0.4 is 10.6 Å². The molecule has 0 aliphatic carbocycles. The number of hydrogen-bond acceptors (Lipinski definition) is 4. The molecule has 7 heteroatoms. The maximum atomic E-state index is 11.9. The van der Waals surface area contributed by atoms with E-state index < -0.39 is 0 Å². The average Bonchev–Trinajstić information content (AvgIpc) is 3.19. The highest BCUT2D eigenvalue weighted by molar-refractivity contribution is 5.89. The standard InChI is InChI=1S/C14H17N5O2/c20-14(16-8-13-5-2-6-21-13)18-11-3-1-4-12(7-11)19-10-15-9-17-19/h1,3-4,7,9-10,13H,2,5-6,8H2,(H2,16,18,20)/t13-/m0/s1. The van der Waals surface area contributed by atoms with Gasteiger partial charge in [-0.1, -0.05) is 6.07 Å². The summed E-state index contributed by atoms with van der Waals surface area (Å²) < 4.78 is 7.09. The molecule has 0 saturated carbocycles. The van der Waals surface area contributed by atoms with Crippen LogP contribution in [0.5, 0.6) is 0 Å². The highest BCUT2D eigenvalue weighted by atomic mass is 16.5. The van der Waals surface area contributed by atoms with Crippen molar-refractivity contribution in [3.63, 3.8) is 0 Å². The first-order valence-electron chi connectivity index (χ1n) is 6.93. The predicted octanol–water partition coefficient (Wildman–Crippen LogP) is 1.57. The Labute approximate surface area is 122 Å². The summed E-state index contributed by atoms with van der Waals surface area (Å²) in [6.45, 7) is 1.32. The molecule has 7 nitrogen and oxygen atoms in total. The molecule has 0 radical (unpaired) electrons. The fourth-order valence-electron chi connectivity index (χ4n) is 2.25. The van der Waals surface area contributed by atoms with Crippen LogP contribution in [-0.2, 0) is 4.74 Å². The number of aromatic nitrogens is 3. The Hall–Kier alpha value is -2.41. The van der Waals surface area contributed by atoms with Crippen LogP contribution in [0.25, 0.3) is 5.69 Å². The molecule has 0 spiro atoms. The smallest absolute Gasteiger partial charge is 0.319 e. The molecule has 2 amide bonds. The van der Waals surface area contributed by atoms with Crippen LogP contribution >= 0.6 is 0 Å². The van der Waals surface area contributed by atoms with Gasteiger partial charge in [0.15, 0.2) is 0 Å². The van der Waals surface area contributed by atoms with Gasteiger partial charge in [-0.05, 0) is 31.0 Å². The molecular weight excluding hydrogens is 270 g/mol. The van der Waals surface area contributed by atoms with Crippen LogP contribution in [0.1, 0.15) is 12.8 Å². The zero-order chi connectivity index (χ0) is 14.5. The van der Waals surface area contributed by atoms with Crippen molar-refractivity contribution in [1.29, 1.82) is 0 Å². The maximum Gasteiger partial charge on any atom is 0.319 e. The van der Waals surface area contributed by atoms with Crippen LogP contribution in [0, 0.1) is 0 Å². The molecular formula is C14H17N5O2. The number of amides is 2. The number of carbonyl (C=O) groups excluding carboxylic acids is 1. The lowest BCUT2D eigenvalue weighted by atomic mass is 10.2. The number of nitrogens with one attached hydrogen (secondary N) is 2. The van der Waals surface area contributed by atoms with E-state index in [9.17, 15) is 4.79 Å². The minimum atomic E-state index is -0.235. The summed E-state index contributed by atoms with van der Waals surface area (Å²) >= 11 is 0. The van der Waals surface area contributed by atoms with Gasteiger partial charge < -0.3 is 15.4 Å². The first-order valence-corrected chi connectivity index (χ1v) is 6.93. The van der Waals surface area contributed by atoms with Crippen molar-refractivity contribution in [3.8, 4) is 5.69 Å². The summed E-state index contributed by atoms with van der Waals surface area (Å²) in [6, 6.07) is 7.17. The van der Waals surface area contributed by atoms with Gasteiger partial charge in [0, 0.05) is 18.8 Å². The number of benzene rings is 1. The van der Waals surface area contributed by atoms with Gasteiger partial charge in [-0.3, -0.25) is 0 Å². The maximum absolute atomic E-state index is 11.9. The summed E-state index contributed by atoms with van der Waals surface area (Å²) in [6.07, 6.45) is 5.28. The lowest BCUT2D eigenvalue weighted by Gasteiger charge is -2.12. The Balaban J connectivity index is 1.56. The van der Waals surface area contributed by atoms with E-state index in [1.54, 1.807) is 11.0 Å². The monoisotopic (exact) mass is 287 g/mol. The summed E-state index contributed by atoms with van der Waals surface area (Å²) in [5, 5.41) is 9.67. The fourth-order valence-corrected chi connectivity index (χ4v) is 2.25. The molecule has 2 N–H and O–H groups in total. The third-order valence-electron chi connectivity index (χ3n) is 3.30. The van der Waals surface area contributed by atoms with E-state index >= 15 is 0 Å². The first kappa shape index (κ1) is 13.6. The minimum absolute atomic E-state index is 0.136. The van der Waals surface area contributed by atoms with Crippen molar-refractivity contribution >= 4 is 11.7 Å². The molecule has 0 bridgehead atoms. The zero-order valence-electron chi connectivity index (χ0n) is 11.5. The highest BCUT2D eigenvalue weighted by Gasteiger charge is 2.16. The molecule has 1 atom stereocenters. The first-order chi connectivity index (χ1) is 10.3. The minimum Gasteiger partial charge on any atom is -0.376 e. The van der Waals surface area contributed by atoms with E-state index in [0.717, 1.165) is 25.1 Å². The van der Waals surface area contributed by atoms with Gasteiger partial charge in [0.1, 0.15) is 12.7 Å². The molecule has 21 heavy (non-hydrogen) atoms. The van der Waals surface area contributed by atoms with Crippen LogP contribution in [-0.4, -0.2) is 40.1 Å². The number of ether oxygens (including phenoxy) is 1. The second-order valence-electron chi connectivity index (χ2n) is 4.86. The van der Waals surface area contributed by atoms with Gasteiger partial charge in [-0.25, -0.2) is 14.5 Å². The number of rotatable bonds is 4. The Morgan fingerprint density at radius 3 is 3.19 bits per heavy atom. The summed E-state index contributed by atoms with van der Waals surface area (Å²) in [4.78, 5) is 15.8. The summed E-state index contributed by atoms with van der Waals surface area (Å²) in [5.41, 5.74) is 1.54. The van der Waals surface area contributed by atoms with Crippen molar-refractivity contribution in [2.24, 2.45) is 0 Å². The predicted molar refractivity (Wildman–Crippen MR) is 77.4 cm³/mol. The lowest BCUT2D eigenvalue weighted by molar-refractivity contribution is 0.112. The molecule has 1 aliphatic heterocycles. The molecule has 3 rings (SSSR count). The number of urea groups is 1. The third kappa shape index (κ3) is 3.57. The molecule has 110 valence electrons. The van der Waals surface area contributed by atoms with E-state index in [1.807, 2.05) is 24.3 Å². The topological polar surface area (TPSA) is 81.1 Å². The van der Waals surface area contributed by atoms with Gasteiger partial charge in [-0.2, -0.15) is 5.10 Å².